The molecular formula is C15H18. The van der Waals surface area contributed by atoms with E-state index in [1.54, 1.807) is 0 Å². The Labute approximate surface area is 92.7 Å². The van der Waals surface area contributed by atoms with Gasteiger partial charge in [-0.15, -0.1) is 0 Å². The quantitative estimate of drug-likeness (QED) is 0.583. The molecule has 0 unspecified atom stereocenters. The van der Waals surface area contributed by atoms with E-state index in [2.05, 4.69) is 38.3 Å². The maximum atomic E-state index is 3.87. The van der Waals surface area contributed by atoms with Crippen LogP contribution in [-0.2, 0) is 0 Å². The fraction of sp³-hybridized carbons (Fsp3) is 0.200. The van der Waals surface area contributed by atoms with Crippen molar-refractivity contribution in [1.29, 1.82) is 0 Å². The Balaban J connectivity index is 3.03. The highest BCUT2D eigenvalue weighted by Crippen LogP contribution is 2.34. The summed E-state index contributed by atoms with van der Waals surface area (Å²) in [5.74, 6) is 0. The van der Waals surface area contributed by atoms with Crippen molar-refractivity contribution in [3.63, 3.8) is 0 Å². The lowest BCUT2D eigenvalue weighted by atomic mass is 10.1. The summed E-state index contributed by atoms with van der Waals surface area (Å²) in [6, 6.07) is 0. The SMILES string of the molecule is C=C/C=C\C1=C(C)C(C=C)=C(/C=C\C)C1. The first kappa shape index (κ1) is 11.5. The maximum Gasteiger partial charge on any atom is -0.00170 e. The van der Waals surface area contributed by atoms with Crippen LogP contribution in [0.4, 0.5) is 0 Å². The molecule has 0 aliphatic heterocycles. The molecule has 0 heterocycles. The third kappa shape index (κ3) is 2.47. The van der Waals surface area contributed by atoms with Gasteiger partial charge in [-0.2, -0.15) is 0 Å². The number of hydrogen-bond donors (Lipinski definition) is 0. The first-order chi connectivity index (χ1) is 7.24. The Morgan fingerprint density at radius 2 is 1.87 bits per heavy atom. The van der Waals surface area contributed by atoms with Gasteiger partial charge in [0.05, 0.1) is 0 Å². The summed E-state index contributed by atoms with van der Waals surface area (Å²) in [7, 11) is 0. The molecule has 0 spiro atoms. The molecule has 0 bridgehead atoms. The predicted molar refractivity (Wildman–Crippen MR) is 68.7 cm³/mol. The lowest BCUT2D eigenvalue weighted by molar-refractivity contribution is 1.24. The summed E-state index contributed by atoms with van der Waals surface area (Å²) in [6.07, 6.45) is 13.1. The Hall–Kier alpha value is -1.56. The molecular weight excluding hydrogens is 180 g/mol. The van der Waals surface area contributed by atoms with Crippen LogP contribution in [0.2, 0.25) is 0 Å². The van der Waals surface area contributed by atoms with Gasteiger partial charge in [-0.1, -0.05) is 49.6 Å². The Bertz CT molecular complexity index is 384. The van der Waals surface area contributed by atoms with Gasteiger partial charge in [0.25, 0.3) is 0 Å². The van der Waals surface area contributed by atoms with Crippen molar-refractivity contribution >= 4 is 0 Å². The average molecular weight is 198 g/mol. The third-order valence-corrected chi connectivity index (χ3v) is 2.62. The van der Waals surface area contributed by atoms with Gasteiger partial charge >= 0.3 is 0 Å². The summed E-state index contributed by atoms with van der Waals surface area (Å²) >= 11 is 0. The van der Waals surface area contributed by atoms with Crippen LogP contribution in [0.3, 0.4) is 0 Å². The molecule has 0 atom stereocenters. The van der Waals surface area contributed by atoms with Crippen LogP contribution >= 0.6 is 0 Å². The molecule has 0 heteroatoms. The van der Waals surface area contributed by atoms with Crippen LogP contribution in [-0.4, -0.2) is 0 Å². The molecule has 0 aromatic rings. The number of allylic oxidation sites excluding steroid dienone is 10. The minimum atomic E-state index is 1.00. The van der Waals surface area contributed by atoms with E-state index in [-0.39, 0.29) is 0 Å². The summed E-state index contributed by atoms with van der Waals surface area (Å²) in [5.41, 5.74) is 5.32. The van der Waals surface area contributed by atoms with E-state index < -0.39 is 0 Å². The van der Waals surface area contributed by atoms with Gasteiger partial charge in [0.15, 0.2) is 0 Å². The van der Waals surface area contributed by atoms with Crippen molar-refractivity contribution in [3.05, 3.63) is 71.9 Å². The van der Waals surface area contributed by atoms with Crippen molar-refractivity contribution in [2.75, 3.05) is 0 Å². The van der Waals surface area contributed by atoms with E-state index in [0.717, 1.165) is 6.42 Å². The Kier molecular flexibility index (Phi) is 4.11. The van der Waals surface area contributed by atoms with E-state index in [0.29, 0.717) is 0 Å². The molecule has 0 saturated carbocycles. The van der Waals surface area contributed by atoms with Gasteiger partial charge in [-0.3, -0.25) is 0 Å². The molecule has 0 N–H and O–H groups in total. The van der Waals surface area contributed by atoms with E-state index in [4.69, 9.17) is 0 Å². The lowest BCUT2D eigenvalue weighted by Crippen LogP contribution is -1.78. The Morgan fingerprint density at radius 1 is 1.13 bits per heavy atom. The van der Waals surface area contributed by atoms with Gasteiger partial charge in [-0.25, -0.2) is 0 Å². The zero-order valence-electron chi connectivity index (χ0n) is 9.59. The van der Waals surface area contributed by atoms with Crippen molar-refractivity contribution < 1.29 is 0 Å². The van der Waals surface area contributed by atoms with Crippen molar-refractivity contribution in [3.8, 4) is 0 Å². The van der Waals surface area contributed by atoms with Crippen LogP contribution in [0.1, 0.15) is 20.3 Å². The van der Waals surface area contributed by atoms with Gasteiger partial charge < -0.3 is 0 Å². The highest BCUT2D eigenvalue weighted by molar-refractivity contribution is 5.57. The minimum Gasteiger partial charge on any atom is -0.0991 e. The molecule has 1 aliphatic carbocycles. The molecule has 1 rings (SSSR count). The summed E-state index contributed by atoms with van der Waals surface area (Å²) in [4.78, 5) is 0. The molecule has 1 aliphatic rings. The van der Waals surface area contributed by atoms with Crippen LogP contribution in [0.5, 0.6) is 0 Å². The van der Waals surface area contributed by atoms with Gasteiger partial charge in [-0.05, 0) is 42.6 Å². The molecule has 0 aromatic carbocycles. The molecule has 0 fully saturated rings. The number of rotatable bonds is 4. The second-order valence-corrected chi connectivity index (χ2v) is 3.56. The molecule has 0 nitrogen and oxygen atoms in total. The highest BCUT2D eigenvalue weighted by Gasteiger charge is 2.15. The van der Waals surface area contributed by atoms with Crippen molar-refractivity contribution in [2.24, 2.45) is 0 Å². The van der Waals surface area contributed by atoms with E-state index in [1.807, 2.05) is 25.2 Å². The number of hydrogen-bond acceptors (Lipinski definition) is 0. The first-order valence-corrected chi connectivity index (χ1v) is 5.22. The largest absolute Gasteiger partial charge is 0.0991 e. The highest BCUT2D eigenvalue weighted by atomic mass is 14.2. The van der Waals surface area contributed by atoms with Crippen LogP contribution in [0.25, 0.3) is 0 Å². The normalized spacial score (nSPS) is 17.2. The fourth-order valence-electron chi connectivity index (χ4n) is 1.85. The summed E-state index contributed by atoms with van der Waals surface area (Å²) in [6.45, 7) is 11.7. The zero-order chi connectivity index (χ0) is 11.3. The van der Waals surface area contributed by atoms with Crippen LogP contribution in [0.15, 0.2) is 71.9 Å². The summed E-state index contributed by atoms with van der Waals surface area (Å²) in [5, 5.41) is 0. The average Bonchev–Trinajstić information content (AvgIpc) is 2.52. The van der Waals surface area contributed by atoms with E-state index >= 15 is 0 Å². The second-order valence-electron chi connectivity index (χ2n) is 3.56. The first-order valence-electron chi connectivity index (χ1n) is 5.22. The molecule has 0 aromatic heterocycles. The topological polar surface area (TPSA) is 0 Å². The second kappa shape index (κ2) is 5.35. The maximum absolute atomic E-state index is 3.87. The lowest BCUT2D eigenvalue weighted by Gasteiger charge is -1.98. The summed E-state index contributed by atoms with van der Waals surface area (Å²) < 4.78 is 0. The third-order valence-electron chi connectivity index (χ3n) is 2.62. The molecule has 15 heavy (non-hydrogen) atoms. The van der Waals surface area contributed by atoms with Crippen LogP contribution in [0, 0.1) is 0 Å². The minimum absolute atomic E-state index is 1.00. The zero-order valence-corrected chi connectivity index (χ0v) is 9.59. The molecule has 0 radical (unpaired) electrons. The van der Waals surface area contributed by atoms with Gasteiger partial charge in [0.1, 0.15) is 0 Å². The predicted octanol–water partition coefficient (Wildman–Crippen LogP) is 4.51. The smallest absolute Gasteiger partial charge is 0.00170 e. The fourth-order valence-corrected chi connectivity index (χ4v) is 1.85. The van der Waals surface area contributed by atoms with Crippen molar-refractivity contribution in [2.45, 2.75) is 20.3 Å². The molecule has 0 saturated heterocycles. The Morgan fingerprint density at radius 3 is 2.40 bits per heavy atom. The standard InChI is InChI=1S/C15H18/c1-5-8-10-13-11-14(9-6-2)15(7-3)12(13)4/h5-10H,1,3,11H2,2,4H3/b9-6-,10-8-. The molecule has 0 amide bonds. The van der Waals surface area contributed by atoms with Gasteiger partial charge in [0.2, 0.25) is 0 Å². The van der Waals surface area contributed by atoms with Crippen LogP contribution < -0.4 is 0 Å². The van der Waals surface area contributed by atoms with E-state index in [9.17, 15) is 0 Å². The van der Waals surface area contributed by atoms with Gasteiger partial charge in [0, 0.05) is 0 Å². The van der Waals surface area contributed by atoms with Crippen molar-refractivity contribution in [1.82, 2.24) is 0 Å². The monoisotopic (exact) mass is 198 g/mol. The molecule has 78 valence electrons. The van der Waals surface area contributed by atoms with E-state index in [1.165, 1.54) is 22.3 Å².